The maximum Gasteiger partial charge on any atom is 0.415 e. The Balaban J connectivity index is 1.45. The molecular weight excluding hydrogens is 631 g/mol. The fourth-order valence-electron chi connectivity index (χ4n) is 5.94. The molecule has 1 saturated heterocycles. The highest BCUT2D eigenvalue weighted by atomic mass is 35.5. The van der Waals surface area contributed by atoms with E-state index in [2.05, 4.69) is 16.0 Å². The molecule has 2 aromatic carbocycles. The van der Waals surface area contributed by atoms with Crippen molar-refractivity contribution in [2.24, 2.45) is 11.8 Å². The zero-order chi connectivity index (χ0) is 33.0. The SMILES string of the molecule is CC(C)CC(C(=O)NC(CC1CCNC1=O)C(=O)C(=O)NC1CC1)N(CC1(c2cccc(Cl)c2)CC1)C(=O)Oc1cccc(Cl)c1. The van der Waals surface area contributed by atoms with Gasteiger partial charge >= 0.3 is 6.09 Å². The zero-order valence-electron chi connectivity index (χ0n) is 26.0. The van der Waals surface area contributed by atoms with Crippen molar-refractivity contribution in [1.82, 2.24) is 20.9 Å². The predicted octanol–water partition coefficient (Wildman–Crippen LogP) is 4.80. The summed E-state index contributed by atoms with van der Waals surface area (Å²) in [5, 5.41) is 9.18. The number of carbonyl (C=O) groups is 5. The van der Waals surface area contributed by atoms with Crippen LogP contribution in [-0.4, -0.2) is 65.7 Å². The lowest BCUT2D eigenvalue weighted by Crippen LogP contribution is -2.57. The first kappa shape index (κ1) is 33.7. The third-order valence-electron chi connectivity index (χ3n) is 8.83. The van der Waals surface area contributed by atoms with E-state index < -0.39 is 47.1 Å². The van der Waals surface area contributed by atoms with Crippen LogP contribution in [0.2, 0.25) is 10.0 Å². The normalized spacial score (nSPS) is 19.5. The van der Waals surface area contributed by atoms with Crippen LogP contribution in [0.3, 0.4) is 0 Å². The van der Waals surface area contributed by atoms with Gasteiger partial charge < -0.3 is 20.7 Å². The molecule has 3 unspecified atom stereocenters. The Kier molecular flexibility index (Phi) is 10.6. The van der Waals surface area contributed by atoms with Crippen LogP contribution in [0.4, 0.5) is 4.79 Å². The third-order valence-corrected chi connectivity index (χ3v) is 9.30. The molecule has 0 bridgehead atoms. The largest absolute Gasteiger partial charge is 0.415 e. The minimum Gasteiger partial charge on any atom is -0.410 e. The van der Waals surface area contributed by atoms with Gasteiger partial charge in [-0.05, 0) is 86.8 Å². The molecule has 5 rings (SSSR count). The summed E-state index contributed by atoms with van der Waals surface area (Å²) in [7, 11) is 0. The lowest BCUT2D eigenvalue weighted by molar-refractivity contribution is -0.141. The summed E-state index contributed by atoms with van der Waals surface area (Å²) in [6.45, 7) is 4.47. The van der Waals surface area contributed by atoms with Crippen LogP contribution >= 0.6 is 23.2 Å². The molecular formula is C34H40Cl2N4O6. The van der Waals surface area contributed by atoms with E-state index >= 15 is 0 Å². The summed E-state index contributed by atoms with van der Waals surface area (Å²) < 4.78 is 5.78. The van der Waals surface area contributed by atoms with Crippen molar-refractivity contribution >= 4 is 52.8 Å². The van der Waals surface area contributed by atoms with Crippen LogP contribution < -0.4 is 20.7 Å². The lowest BCUT2D eigenvalue weighted by Gasteiger charge is -2.35. The van der Waals surface area contributed by atoms with Crippen LogP contribution in [0.15, 0.2) is 48.5 Å². The molecule has 46 heavy (non-hydrogen) atoms. The summed E-state index contributed by atoms with van der Waals surface area (Å²) in [4.78, 5) is 68.4. The van der Waals surface area contributed by atoms with Crippen molar-refractivity contribution in [2.45, 2.75) is 82.3 Å². The number of halogens is 2. The molecule has 246 valence electrons. The minimum atomic E-state index is -1.25. The number of hydrogen-bond donors (Lipinski definition) is 3. The smallest absolute Gasteiger partial charge is 0.410 e. The van der Waals surface area contributed by atoms with Gasteiger partial charge in [-0.3, -0.25) is 24.1 Å². The Morgan fingerprint density at radius 2 is 1.72 bits per heavy atom. The monoisotopic (exact) mass is 670 g/mol. The van der Waals surface area contributed by atoms with Crippen molar-refractivity contribution < 1.29 is 28.7 Å². The summed E-state index contributed by atoms with van der Waals surface area (Å²) in [6.07, 6.45) is 3.07. The maximum absolute atomic E-state index is 14.3. The second kappa shape index (κ2) is 14.4. The second-order valence-electron chi connectivity index (χ2n) is 13.1. The number of benzene rings is 2. The van der Waals surface area contributed by atoms with Crippen molar-refractivity contribution in [3.05, 3.63) is 64.1 Å². The van der Waals surface area contributed by atoms with Gasteiger partial charge in [0.25, 0.3) is 5.91 Å². The van der Waals surface area contributed by atoms with Crippen LogP contribution in [0.25, 0.3) is 0 Å². The van der Waals surface area contributed by atoms with E-state index in [9.17, 15) is 24.0 Å². The number of rotatable bonds is 14. The van der Waals surface area contributed by atoms with E-state index in [0.29, 0.717) is 23.0 Å². The summed E-state index contributed by atoms with van der Waals surface area (Å²) >= 11 is 12.5. The molecule has 12 heteroatoms. The molecule has 0 aromatic heterocycles. The van der Waals surface area contributed by atoms with Crippen LogP contribution in [-0.2, 0) is 24.6 Å². The third kappa shape index (κ3) is 8.59. The van der Waals surface area contributed by atoms with Gasteiger partial charge in [-0.25, -0.2) is 4.79 Å². The Bertz CT molecular complexity index is 1490. The summed E-state index contributed by atoms with van der Waals surface area (Å²) in [5.74, 6) is -2.78. The van der Waals surface area contributed by atoms with Crippen LogP contribution in [0.5, 0.6) is 5.75 Å². The number of nitrogens with one attached hydrogen (secondary N) is 3. The highest BCUT2D eigenvalue weighted by Crippen LogP contribution is 2.49. The number of Topliss-reactive ketones (excluding diaryl/α,β-unsaturated/α-hetero) is 1. The molecule has 3 fully saturated rings. The van der Waals surface area contributed by atoms with Gasteiger partial charge in [0.1, 0.15) is 11.8 Å². The van der Waals surface area contributed by atoms with Gasteiger partial charge in [-0.2, -0.15) is 0 Å². The number of ketones is 1. The van der Waals surface area contributed by atoms with Crippen molar-refractivity contribution in [2.75, 3.05) is 13.1 Å². The molecule has 10 nitrogen and oxygen atoms in total. The summed E-state index contributed by atoms with van der Waals surface area (Å²) in [6, 6.07) is 11.5. The molecule has 0 spiro atoms. The van der Waals surface area contributed by atoms with Crippen LogP contribution in [0.1, 0.15) is 64.4 Å². The van der Waals surface area contributed by atoms with E-state index in [-0.39, 0.29) is 43.0 Å². The van der Waals surface area contributed by atoms with Gasteiger partial charge in [0, 0.05) is 40.5 Å². The molecule has 1 heterocycles. The molecule has 3 atom stereocenters. The molecule has 2 aromatic rings. The fourth-order valence-corrected chi connectivity index (χ4v) is 6.31. The molecule has 3 aliphatic rings. The molecule has 3 N–H and O–H groups in total. The van der Waals surface area contributed by atoms with Gasteiger partial charge in [0.15, 0.2) is 0 Å². The van der Waals surface area contributed by atoms with E-state index in [1.54, 1.807) is 24.3 Å². The maximum atomic E-state index is 14.3. The standard InChI is InChI=1S/C34H40Cl2N4O6/c1-20(2)15-28(31(43)39-27(16-21-11-14-37-30(21)42)29(41)32(44)38-25-9-10-25)40(33(45)46-26-8-4-7-24(36)18-26)19-34(12-13-34)22-5-3-6-23(35)17-22/h3-8,17-18,20-21,25,27-28H,9-16,19H2,1-2H3,(H,37,42)(H,38,44)(H,39,43). The quantitative estimate of drug-likeness (QED) is 0.247. The number of amides is 4. The van der Waals surface area contributed by atoms with Gasteiger partial charge in [-0.15, -0.1) is 0 Å². The molecule has 1 aliphatic heterocycles. The van der Waals surface area contributed by atoms with E-state index in [0.717, 1.165) is 31.2 Å². The lowest BCUT2D eigenvalue weighted by atomic mass is 9.92. The van der Waals surface area contributed by atoms with Crippen molar-refractivity contribution in [1.29, 1.82) is 0 Å². The Hall–Kier alpha value is -3.63. The summed E-state index contributed by atoms with van der Waals surface area (Å²) in [5.41, 5.74) is 0.496. The topological polar surface area (TPSA) is 134 Å². The average Bonchev–Trinajstić information content (AvgIpc) is 3.94. The number of ether oxygens (including phenoxy) is 1. The Labute approximate surface area is 278 Å². The average molecular weight is 672 g/mol. The molecule has 4 amide bonds. The van der Waals surface area contributed by atoms with Gasteiger partial charge in [0.2, 0.25) is 17.6 Å². The Morgan fingerprint density at radius 3 is 2.30 bits per heavy atom. The first-order chi connectivity index (χ1) is 21.9. The molecule has 0 radical (unpaired) electrons. The van der Waals surface area contributed by atoms with Gasteiger partial charge in [0.05, 0.1) is 6.04 Å². The number of carbonyl (C=O) groups excluding carboxylic acids is 5. The number of hydrogen-bond acceptors (Lipinski definition) is 6. The molecule has 2 saturated carbocycles. The van der Waals surface area contributed by atoms with E-state index in [1.165, 1.54) is 11.0 Å². The van der Waals surface area contributed by atoms with Gasteiger partial charge in [-0.1, -0.05) is 55.2 Å². The fraction of sp³-hybridized carbons (Fsp3) is 0.500. The number of nitrogens with zero attached hydrogens (tertiary/aromatic N) is 1. The first-order valence-electron chi connectivity index (χ1n) is 15.9. The van der Waals surface area contributed by atoms with Crippen molar-refractivity contribution in [3.63, 3.8) is 0 Å². The van der Waals surface area contributed by atoms with E-state index in [1.807, 2.05) is 32.0 Å². The Morgan fingerprint density at radius 1 is 1.02 bits per heavy atom. The van der Waals surface area contributed by atoms with E-state index in [4.69, 9.17) is 27.9 Å². The zero-order valence-corrected chi connectivity index (χ0v) is 27.5. The first-order valence-corrected chi connectivity index (χ1v) is 16.6. The highest BCUT2D eigenvalue weighted by Gasteiger charge is 2.49. The molecule has 2 aliphatic carbocycles. The highest BCUT2D eigenvalue weighted by molar-refractivity contribution is 6.38. The van der Waals surface area contributed by atoms with Crippen molar-refractivity contribution in [3.8, 4) is 5.75 Å². The van der Waals surface area contributed by atoms with Crippen LogP contribution in [0, 0.1) is 11.8 Å². The second-order valence-corrected chi connectivity index (χ2v) is 13.9. The predicted molar refractivity (Wildman–Crippen MR) is 174 cm³/mol. The minimum absolute atomic E-state index is 0.0255.